The summed E-state index contributed by atoms with van der Waals surface area (Å²) in [4.78, 5) is 73.2. The van der Waals surface area contributed by atoms with Gasteiger partial charge >= 0.3 is 39.5 Å². The Bertz CT molecular complexity index is 2040. The zero-order valence-corrected chi connectivity index (χ0v) is 71.2. The summed E-state index contributed by atoms with van der Waals surface area (Å²) in [5.74, 6) is 1.01. The molecular formula is C86H168O17P2. The maximum absolute atomic E-state index is 13.1. The second-order valence-electron chi connectivity index (χ2n) is 32.8. The van der Waals surface area contributed by atoms with Crippen molar-refractivity contribution in [1.29, 1.82) is 0 Å². The zero-order chi connectivity index (χ0) is 77.4. The Morgan fingerprint density at radius 2 is 0.400 bits per heavy atom. The molecule has 0 saturated heterocycles. The van der Waals surface area contributed by atoms with Crippen molar-refractivity contribution in [2.75, 3.05) is 39.6 Å². The van der Waals surface area contributed by atoms with Gasteiger partial charge in [-0.15, -0.1) is 0 Å². The van der Waals surface area contributed by atoms with Crippen molar-refractivity contribution < 1.29 is 80.2 Å². The molecule has 0 amide bonds. The summed E-state index contributed by atoms with van der Waals surface area (Å²) in [6.07, 6.45) is 64.0. The van der Waals surface area contributed by atoms with E-state index in [0.717, 1.165) is 114 Å². The highest BCUT2D eigenvalue weighted by Gasteiger charge is 2.30. The standard InChI is InChI=1S/C86H168O17P2/c1-76(2)62-54-46-38-31-25-19-14-11-9-10-12-16-22-29-35-43-52-60-68-85(90)102-81(72-96-83(88)66-58-50-42-34-28-24-18-21-27-33-40-48-56-64-78(5)6)74-100-104(92,93)98-70-80(87)71-99-105(94,95)101-75-82(73-97-84(89)67-59-51-45-37-41-49-57-65-79(7)8)103-86(91)69-61-53-44-36-30-23-17-13-15-20-26-32-39-47-55-63-77(3)4/h76-82,87H,9-75H2,1-8H3,(H,92,93)(H,94,95)/t80?,81-,82-/m1/s1. The Morgan fingerprint density at radius 1 is 0.238 bits per heavy atom. The smallest absolute Gasteiger partial charge is 0.462 e. The topological polar surface area (TPSA) is 237 Å². The summed E-state index contributed by atoms with van der Waals surface area (Å²) in [7, 11) is -9.93. The highest BCUT2D eigenvalue weighted by atomic mass is 31.2. The number of hydrogen-bond donors (Lipinski definition) is 3. The van der Waals surface area contributed by atoms with Gasteiger partial charge in [-0.3, -0.25) is 37.3 Å². The lowest BCUT2D eigenvalue weighted by atomic mass is 10.0. The van der Waals surface area contributed by atoms with Crippen LogP contribution in [0.2, 0.25) is 0 Å². The van der Waals surface area contributed by atoms with Gasteiger partial charge in [0.1, 0.15) is 19.3 Å². The van der Waals surface area contributed by atoms with Crippen molar-refractivity contribution in [2.45, 2.75) is 465 Å². The molecule has 105 heavy (non-hydrogen) atoms. The van der Waals surface area contributed by atoms with Gasteiger partial charge < -0.3 is 33.8 Å². The van der Waals surface area contributed by atoms with Gasteiger partial charge in [0.15, 0.2) is 12.2 Å². The summed E-state index contributed by atoms with van der Waals surface area (Å²) >= 11 is 0. The molecule has 0 aliphatic carbocycles. The van der Waals surface area contributed by atoms with Crippen molar-refractivity contribution in [1.82, 2.24) is 0 Å². The Hall–Kier alpha value is -1.94. The minimum Gasteiger partial charge on any atom is -0.462 e. The Kier molecular flexibility index (Phi) is 73.4. The largest absolute Gasteiger partial charge is 0.472 e. The van der Waals surface area contributed by atoms with E-state index in [1.165, 1.54) is 244 Å². The number of rotatable bonds is 83. The van der Waals surface area contributed by atoms with E-state index >= 15 is 0 Å². The predicted molar refractivity (Wildman–Crippen MR) is 432 cm³/mol. The second-order valence-corrected chi connectivity index (χ2v) is 35.7. The number of carbonyl (C=O) groups is 4. The number of aliphatic hydroxyl groups is 1. The van der Waals surface area contributed by atoms with Crippen molar-refractivity contribution in [2.24, 2.45) is 23.7 Å². The molecule has 17 nitrogen and oxygen atoms in total. The van der Waals surface area contributed by atoms with E-state index in [2.05, 4.69) is 55.4 Å². The normalized spacial score (nSPS) is 13.9. The molecule has 0 aromatic rings. The third-order valence-electron chi connectivity index (χ3n) is 20.1. The number of phosphoric ester groups is 2. The average Bonchev–Trinajstić information content (AvgIpc) is 0.907. The van der Waals surface area contributed by atoms with Gasteiger partial charge in [-0.25, -0.2) is 9.13 Å². The number of ether oxygens (including phenoxy) is 4. The fourth-order valence-electron chi connectivity index (χ4n) is 13.3. The minimum atomic E-state index is -4.97. The molecule has 0 radical (unpaired) electrons. The fraction of sp³-hybridized carbons (Fsp3) is 0.953. The van der Waals surface area contributed by atoms with Crippen LogP contribution < -0.4 is 0 Å². The summed E-state index contributed by atoms with van der Waals surface area (Å²) in [5.41, 5.74) is 0. The van der Waals surface area contributed by atoms with Gasteiger partial charge in [0.2, 0.25) is 0 Å². The molecule has 0 spiro atoms. The number of phosphoric acid groups is 2. The van der Waals surface area contributed by atoms with Crippen LogP contribution in [0.15, 0.2) is 0 Å². The average molecular weight is 1540 g/mol. The third kappa shape index (κ3) is 79.9. The summed E-state index contributed by atoms with van der Waals surface area (Å²) < 4.78 is 68.9. The Morgan fingerprint density at radius 3 is 0.590 bits per heavy atom. The lowest BCUT2D eigenvalue weighted by Crippen LogP contribution is -2.30. The molecule has 19 heteroatoms. The van der Waals surface area contributed by atoms with Crippen LogP contribution in [0, 0.1) is 23.7 Å². The van der Waals surface area contributed by atoms with Crippen LogP contribution in [0.25, 0.3) is 0 Å². The maximum atomic E-state index is 13.1. The van der Waals surface area contributed by atoms with Crippen molar-refractivity contribution in [3.63, 3.8) is 0 Å². The molecule has 0 bridgehead atoms. The first-order valence-electron chi connectivity index (χ1n) is 44.2. The molecule has 0 aromatic heterocycles. The molecular weight excluding hydrogens is 1370 g/mol. The summed E-state index contributed by atoms with van der Waals surface area (Å²) in [6.45, 7) is 14.3. The van der Waals surface area contributed by atoms with Gasteiger partial charge in [-0.05, 0) is 49.4 Å². The molecule has 624 valence electrons. The highest BCUT2D eigenvalue weighted by Crippen LogP contribution is 2.45. The lowest BCUT2D eigenvalue weighted by molar-refractivity contribution is -0.161. The van der Waals surface area contributed by atoms with Gasteiger partial charge in [-0.2, -0.15) is 0 Å². The van der Waals surface area contributed by atoms with E-state index in [1.807, 2.05) is 0 Å². The first-order valence-corrected chi connectivity index (χ1v) is 47.2. The number of aliphatic hydroxyl groups excluding tert-OH is 1. The molecule has 0 aromatic carbocycles. The summed E-state index contributed by atoms with van der Waals surface area (Å²) in [5, 5.41) is 10.7. The van der Waals surface area contributed by atoms with E-state index in [9.17, 15) is 43.2 Å². The highest BCUT2D eigenvalue weighted by molar-refractivity contribution is 7.47. The predicted octanol–water partition coefficient (Wildman–Crippen LogP) is 25.9. The Balaban J connectivity index is 5.23. The number of carbonyl (C=O) groups excluding carboxylic acids is 4. The quantitative estimate of drug-likeness (QED) is 0.0222. The molecule has 0 heterocycles. The Labute approximate surface area is 645 Å². The van der Waals surface area contributed by atoms with E-state index < -0.39 is 97.5 Å². The monoisotopic (exact) mass is 1540 g/mol. The molecule has 0 aliphatic heterocycles. The van der Waals surface area contributed by atoms with Gasteiger partial charge in [0.05, 0.1) is 26.4 Å². The first-order chi connectivity index (χ1) is 50.6. The number of esters is 4. The van der Waals surface area contributed by atoms with Crippen LogP contribution in [0.1, 0.15) is 447 Å². The summed E-state index contributed by atoms with van der Waals surface area (Å²) in [6, 6.07) is 0. The van der Waals surface area contributed by atoms with Crippen LogP contribution in [0.3, 0.4) is 0 Å². The van der Waals surface area contributed by atoms with E-state index in [0.29, 0.717) is 31.6 Å². The maximum Gasteiger partial charge on any atom is 0.472 e. The molecule has 0 rings (SSSR count). The van der Waals surface area contributed by atoms with Gasteiger partial charge in [-0.1, -0.05) is 396 Å². The third-order valence-corrected chi connectivity index (χ3v) is 22.0. The van der Waals surface area contributed by atoms with Crippen LogP contribution in [0.5, 0.6) is 0 Å². The zero-order valence-electron chi connectivity index (χ0n) is 69.4. The number of hydrogen-bond acceptors (Lipinski definition) is 15. The van der Waals surface area contributed by atoms with Crippen LogP contribution >= 0.6 is 15.6 Å². The van der Waals surface area contributed by atoms with Crippen LogP contribution in [-0.4, -0.2) is 96.7 Å². The fourth-order valence-corrected chi connectivity index (χ4v) is 14.9. The van der Waals surface area contributed by atoms with Crippen molar-refractivity contribution in [3.8, 4) is 0 Å². The van der Waals surface area contributed by atoms with Crippen molar-refractivity contribution in [3.05, 3.63) is 0 Å². The van der Waals surface area contributed by atoms with E-state index in [4.69, 9.17) is 37.0 Å². The SMILES string of the molecule is CC(C)CCCCCCCCCCCCCCCCCCCCC(=O)O[C@H](COC(=O)CCCCCCCCCCCCCCCC(C)C)COP(=O)(O)OCC(O)COP(=O)(O)OC[C@@H](COC(=O)CCCCCCCCCC(C)C)OC(=O)CCCCCCCCCCCCCCCCCC(C)C. The molecule has 3 unspecified atom stereocenters. The minimum absolute atomic E-state index is 0.107. The molecule has 0 saturated carbocycles. The van der Waals surface area contributed by atoms with E-state index in [-0.39, 0.29) is 25.7 Å². The van der Waals surface area contributed by atoms with Crippen molar-refractivity contribution >= 4 is 39.5 Å². The number of unbranched alkanes of at least 4 members (excludes halogenated alkanes) is 49. The van der Waals surface area contributed by atoms with Crippen LogP contribution in [0.4, 0.5) is 0 Å². The van der Waals surface area contributed by atoms with E-state index in [1.54, 1.807) is 0 Å². The van der Waals surface area contributed by atoms with Gasteiger partial charge in [0.25, 0.3) is 0 Å². The first kappa shape index (κ1) is 103. The molecule has 0 fully saturated rings. The van der Waals surface area contributed by atoms with Crippen LogP contribution in [-0.2, 0) is 65.4 Å². The molecule has 5 atom stereocenters. The van der Waals surface area contributed by atoms with Gasteiger partial charge in [0, 0.05) is 25.7 Å². The lowest BCUT2D eigenvalue weighted by Gasteiger charge is -2.21. The molecule has 3 N–H and O–H groups in total. The second kappa shape index (κ2) is 74.8. The molecule has 0 aliphatic rings.